The molecule has 0 unspecified atom stereocenters. The molecular formula is C17H24ClF2NO. The summed E-state index contributed by atoms with van der Waals surface area (Å²) < 4.78 is 27.8. The predicted molar refractivity (Wildman–Crippen MR) is 87.4 cm³/mol. The first-order valence-electron chi connectivity index (χ1n) is 7.93. The van der Waals surface area contributed by atoms with Gasteiger partial charge in [0.25, 0.3) is 0 Å². The minimum Gasteiger partial charge on any atom is -0.307 e. The summed E-state index contributed by atoms with van der Waals surface area (Å²) in [6.45, 7) is 5.96. The Hall–Kier alpha value is -1.16. The fraction of sp³-hybridized carbons (Fsp3) is 0.588. The lowest BCUT2D eigenvalue weighted by atomic mass is 10.0. The number of anilines is 1. The first-order chi connectivity index (χ1) is 10.5. The van der Waals surface area contributed by atoms with E-state index in [0.29, 0.717) is 12.8 Å². The second-order valence-corrected chi connectivity index (χ2v) is 5.82. The average molecular weight is 332 g/mol. The van der Waals surface area contributed by atoms with Crippen LogP contribution in [0.1, 0.15) is 59.3 Å². The van der Waals surface area contributed by atoms with Crippen molar-refractivity contribution in [1.29, 1.82) is 0 Å². The third-order valence-corrected chi connectivity index (χ3v) is 3.96. The van der Waals surface area contributed by atoms with Gasteiger partial charge < -0.3 is 4.90 Å². The van der Waals surface area contributed by atoms with Gasteiger partial charge in [0.05, 0.1) is 5.69 Å². The highest BCUT2D eigenvalue weighted by Gasteiger charge is 2.27. The van der Waals surface area contributed by atoms with Crippen LogP contribution in [0.15, 0.2) is 12.1 Å². The Morgan fingerprint density at radius 2 is 1.73 bits per heavy atom. The molecule has 0 aliphatic heterocycles. The molecule has 22 heavy (non-hydrogen) atoms. The molecule has 0 fully saturated rings. The van der Waals surface area contributed by atoms with Crippen LogP contribution in [-0.2, 0) is 4.79 Å². The topological polar surface area (TPSA) is 20.3 Å². The van der Waals surface area contributed by atoms with Crippen molar-refractivity contribution in [3.8, 4) is 0 Å². The van der Waals surface area contributed by atoms with E-state index in [4.69, 9.17) is 11.6 Å². The molecule has 1 rings (SSSR count). The lowest BCUT2D eigenvalue weighted by Gasteiger charge is -2.32. The fourth-order valence-corrected chi connectivity index (χ4v) is 2.80. The van der Waals surface area contributed by atoms with Crippen molar-refractivity contribution in [2.45, 2.75) is 65.3 Å². The molecule has 0 aliphatic rings. The van der Waals surface area contributed by atoms with Gasteiger partial charge in [0, 0.05) is 12.5 Å². The van der Waals surface area contributed by atoms with Crippen LogP contribution < -0.4 is 4.90 Å². The van der Waals surface area contributed by atoms with E-state index >= 15 is 0 Å². The maximum atomic E-state index is 14.4. The van der Waals surface area contributed by atoms with Gasteiger partial charge in [0.15, 0.2) is 5.82 Å². The van der Waals surface area contributed by atoms with Crippen LogP contribution in [0.25, 0.3) is 0 Å². The van der Waals surface area contributed by atoms with Gasteiger partial charge in [0.1, 0.15) is 10.8 Å². The number of rotatable bonds is 8. The van der Waals surface area contributed by atoms with Crippen LogP contribution in [0.5, 0.6) is 0 Å². The number of hydrogen-bond acceptors (Lipinski definition) is 1. The van der Waals surface area contributed by atoms with Crippen LogP contribution in [0.2, 0.25) is 5.02 Å². The van der Waals surface area contributed by atoms with E-state index in [0.717, 1.165) is 31.7 Å². The third-order valence-electron chi connectivity index (χ3n) is 3.62. The minimum atomic E-state index is -0.858. The number of halogens is 3. The molecule has 0 aromatic heterocycles. The van der Waals surface area contributed by atoms with Crippen molar-refractivity contribution in [2.24, 2.45) is 0 Å². The Morgan fingerprint density at radius 1 is 1.14 bits per heavy atom. The molecule has 124 valence electrons. The van der Waals surface area contributed by atoms with Gasteiger partial charge in [-0.05, 0) is 31.4 Å². The maximum Gasteiger partial charge on any atom is 0.227 e. The Morgan fingerprint density at radius 3 is 2.23 bits per heavy atom. The second kappa shape index (κ2) is 9.09. The van der Waals surface area contributed by atoms with E-state index in [1.807, 2.05) is 20.8 Å². The number of amides is 1. The summed E-state index contributed by atoms with van der Waals surface area (Å²) >= 11 is 5.68. The van der Waals surface area contributed by atoms with E-state index in [9.17, 15) is 13.6 Å². The first-order valence-corrected chi connectivity index (χ1v) is 8.31. The molecule has 0 saturated carbocycles. The summed E-state index contributed by atoms with van der Waals surface area (Å²) in [6.07, 6.45) is 4.33. The van der Waals surface area contributed by atoms with Crippen molar-refractivity contribution in [3.05, 3.63) is 28.8 Å². The van der Waals surface area contributed by atoms with Gasteiger partial charge in [-0.2, -0.15) is 0 Å². The second-order valence-electron chi connectivity index (χ2n) is 5.44. The Labute approximate surface area is 136 Å². The van der Waals surface area contributed by atoms with Crippen molar-refractivity contribution < 1.29 is 13.6 Å². The van der Waals surface area contributed by atoms with Gasteiger partial charge in [-0.1, -0.05) is 45.2 Å². The molecule has 0 bridgehead atoms. The molecule has 0 aliphatic carbocycles. The van der Waals surface area contributed by atoms with Crippen LogP contribution in [0, 0.1) is 11.6 Å². The normalized spacial score (nSPS) is 11.0. The van der Waals surface area contributed by atoms with E-state index in [1.165, 1.54) is 11.0 Å². The molecule has 1 aromatic carbocycles. The maximum absolute atomic E-state index is 14.4. The molecule has 1 aromatic rings. The smallest absolute Gasteiger partial charge is 0.227 e. The zero-order chi connectivity index (χ0) is 16.7. The quantitative estimate of drug-likeness (QED) is 0.558. The molecule has 2 nitrogen and oxygen atoms in total. The molecule has 0 heterocycles. The number of nitrogens with zero attached hydrogens (tertiary/aromatic N) is 1. The minimum absolute atomic E-state index is 0.0803. The number of carbonyl (C=O) groups excluding carboxylic acids is 1. The molecule has 0 N–H and O–H groups in total. The van der Waals surface area contributed by atoms with E-state index in [2.05, 4.69) is 0 Å². The largest absolute Gasteiger partial charge is 0.307 e. The Bertz CT molecular complexity index is 502. The summed E-state index contributed by atoms with van der Waals surface area (Å²) in [7, 11) is 0. The summed E-state index contributed by atoms with van der Waals surface area (Å²) in [5.41, 5.74) is 0.0803. The number of carbonyl (C=O) groups is 1. The summed E-state index contributed by atoms with van der Waals surface area (Å²) in [4.78, 5) is 14.0. The summed E-state index contributed by atoms with van der Waals surface area (Å²) in [6, 6.07) is 2.33. The third kappa shape index (κ3) is 4.42. The SMILES string of the molecule is CCCC(=O)N(c1ccc(F)c(Cl)c1F)C(CCC)CCC. The Balaban J connectivity index is 3.30. The average Bonchev–Trinajstić information content (AvgIpc) is 2.48. The first kappa shape index (κ1) is 18.9. The molecular weight excluding hydrogens is 308 g/mol. The van der Waals surface area contributed by atoms with E-state index in [1.54, 1.807) is 0 Å². The van der Waals surface area contributed by atoms with Gasteiger partial charge in [-0.25, -0.2) is 8.78 Å². The van der Waals surface area contributed by atoms with Crippen molar-refractivity contribution in [1.82, 2.24) is 0 Å². The zero-order valence-corrected chi connectivity index (χ0v) is 14.2. The van der Waals surface area contributed by atoms with Gasteiger partial charge in [0.2, 0.25) is 5.91 Å². The van der Waals surface area contributed by atoms with Crippen LogP contribution in [0.3, 0.4) is 0 Å². The molecule has 0 atom stereocenters. The van der Waals surface area contributed by atoms with Crippen molar-refractivity contribution in [3.63, 3.8) is 0 Å². The molecule has 1 amide bonds. The highest BCUT2D eigenvalue weighted by Crippen LogP contribution is 2.32. The lowest BCUT2D eigenvalue weighted by molar-refractivity contribution is -0.119. The monoisotopic (exact) mass is 331 g/mol. The summed E-state index contributed by atoms with van der Waals surface area (Å²) in [5.74, 6) is -1.81. The van der Waals surface area contributed by atoms with Gasteiger partial charge >= 0.3 is 0 Å². The zero-order valence-electron chi connectivity index (χ0n) is 13.5. The van der Waals surface area contributed by atoms with Crippen LogP contribution in [0.4, 0.5) is 14.5 Å². The molecule has 0 saturated heterocycles. The van der Waals surface area contributed by atoms with Crippen LogP contribution >= 0.6 is 11.6 Å². The van der Waals surface area contributed by atoms with Crippen LogP contribution in [-0.4, -0.2) is 11.9 Å². The highest BCUT2D eigenvalue weighted by atomic mass is 35.5. The molecule has 5 heteroatoms. The van der Waals surface area contributed by atoms with Crippen molar-refractivity contribution in [2.75, 3.05) is 4.90 Å². The van der Waals surface area contributed by atoms with Crippen molar-refractivity contribution >= 4 is 23.2 Å². The standard InChI is InChI=1S/C17H24ClF2NO/c1-4-7-12(8-5-2)21(15(22)9-6-3)14-11-10-13(19)16(18)17(14)20/h10-12H,4-9H2,1-3H3. The highest BCUT2D eigenvalue weighted by molar-refractivity contribution is 6.31. The summed E-state index contributed by atoms with van der Waals surface area (Å²) in [5, 5.41) is -0.557. The van der Waals surface area contributed by atoms with Gasteiger partial charge in [-0.15, -0.1) is 0 Å². The lowest BCUT2D eigenvalue weighted by Crippen LogP contribution is -2.41. The van der Waals surface area contributed by atoms with E-state index < -0.39 is 16.7 Å². The number of benzene rings is 1. The Kier molecular flexibility index (Phi) is 7.80. The van der Waals surface area contributed by atoms with E-state index in [-0.39, 0.29) is 17.6 Å². The molecule has 0 radical (unpaired) electrons. The number of hydrogen-bond donors (Lipinski definition) is 0. The molecule has 0 spiro atoms. The fourth-order valence-electron chi connectivity index (χ4n) is 2.64. The van der Waals surface area contributed by atoms with Gasteiger partial charge in [-0.3, -0.25) is 4.79 Å². The predicted octanol–water partition coefficient (Wildman–Crippen LogP) is 5.72.